The summed E-state index contributed by atoms with van der Waals surface area (Å²) in [5.74, 6) is -0.968. The Labute approximate surface area is 219 Å². The van der Waals surface area contributed by atoms with Crippen molar-refractivity contribution in [1.29, 1.82) is 0 Å². The van der Waals surface area contributed by atoms with Crippen molar-refractivity contribution in [1.82, 2.24) is 4.98 Å². The zero-order valence-electron chi connectivity index (χ0n) is 20.6. The maximum absolute atomic E-state index is 14.2. The summed E-state index contributed by atoms with van der Waals surface area (Å²) in [5.41, 5.74) is 1.86. The lowest BCUT2D eigenvalue weighted by atomic mass is 9.90. The first kappa shape index (κ1) is 25.2. The summed E-state index contributed by atoms with van der Waals surface area (Å²) >= 11 is 0. The quantitative estimate of drug-likeness (QED) is 0.350. The molecule has 38 heavy (non-hydrogen) atoms. The summed E-state index contributed by atoms with van der Waals surface area (Å²) in [7, 11) is -2.98. The van der Waals surface area contributed by atoms with Crippen molar-refractivity contribution in [3.8, 4) is 11.5 Å². The van der Waals surface area contributed by atoms with Crippen LogP contribution < -0.4 is 13.8 Å². The van der Waals surface area contributed by atoms with Crippen molar-refractivity contribution in [2.24, 2.45) is 0 Å². The van der Waals surface area contributed by atoms with Crippen molar-refractivity contribution in [3.63, 3.8) is 0 Å². The van der Waals surface area contributed by atoms with E-state index in [1.807, 2.05) is 0 Å². The van der Waals surface area contributed by atoms with Crippen molar-refractivity contribution >= 4 is 38.2 Å². The lowest BCUT2D eigenvalue weighted by Gasteiger charge is -2.20. The highest BCUT2D eigenvalue weighted by Crippen LogP contribution is 2.48. The van der Waals surface area contributed by atoms with E-state index in [1.165, 1.54) is 43.6 Å². The summed E-state index contributed by atoms with van der Waals surface area (Å²) < 4.78 is 40.3. The van der Waals surface area contributed by atoms with Gasteiger partial charge in [0.25, 0.3) is 15.9 Å². The first-order valence-electron chi connectivity index (χ1n) is 11.7. The lowest BCUT2D eigenvalue weighted by molar-refractivity contribution is -0.117. The molecule has 1 aliphatic heterocycles. The van der Waals surface area contributed by atoms with Crippen molar-refractivity contribution in [2.75, 3.05) is 18.0 Å². The van der Waals surface area contributed by atoms with Crippen molar-refractivity contribution in [2.45, 2.75) is 24.3 Å². The number of carbonyl (C=O) groups excluding carboxylic acids is 1. The van der Waals surface area contributed by atoms with E-state index in [2.05, 4.69) is 9.83 Å². The Bertz CT molecular complexity index is 1730. The third-order valence-electron chi connectivity index (χ3n) is 6.42. The minimum atomic E-state index is -4.46. The van der Waals surface area contributed by atoms with Crippen LogP contribution in [0.2, 0.25) is 0 Å². The number of anilines is 1. The molecule has 0 radical (unpaired) electrons. The zero-order chi connectivity index (χ0) is 27.0. The maximum atomic E-state index is 14.2. The number of ether oxygens (including phenoxy) is 2. The molecule has 10 heteroatoms. The summed E-state index contributed by atoms with van der Waals surface area (Å²) in [6.07, 6.45) is 1.47. The van der Waals surface area contributed by atoms with Gasteiger partial charge < -0.3 is 14.6 Å². The first-order chi connectivity index (χ1) is 18.3. The minimum absolute atomic E-state index is 0.143. The van der Waals surface area contributed by atoms with Crippen LogP contribution in [0.3, 0.4) is 0 Å². The summed E-state index contributed by atoms with van der Waals surface area (Å²) in [6.45, 7) is 9.30. The Morgan fingerprint density at radius 1 is 1.08 bits per heavy atom. The fraction of sp³-hybridized carbons (Fsp3) is 0.179. The van der Waals surface area contributed by atoms with Gasteiger partial charge in [-0.3, -0.25) is 9.78 Å². The average Bonchev–Trinajstić information content (AvgIpc) is 3.24. The monoisotopic (exact) mass is 529 g/mol. The van der Waals surface area contributed by atoms with E-state index in [9.17, 15) is 18.3 Å². The van der Waals surface area contributed by atoms with Crippen LogP contribution in [0.15, 0.2) is 71.8 Å². The topological polar surface area (TPSA) is 110 Å². The number of aliphatic hydroxyl groups is 1. The molecule has 0 saturated heterocycles. The van der Waals surface area contributed by atoms with Crippen molar-refractivity contribution < 1.29 is 27.8 Å². The van der Waals surface area contributed by atoms with Gasteiger partial charge in [-0.2, -0.15) is 0 Å². The number of nitrogens with zero attached hydrogens (tertiary/aromatic N) is 3. The predicted molar refractivity (Wildman–Crippen MR) is 141 cm³/mol. The van der Waals surface area contributed by atoms with E-state index in [1.54, 1.807) is 37.3 Å². The number of carbonyl (C=O) groups is 1. The Morgan fingerprint density at radius 3 is 2.58 bits per heavy atom. The Balaban J connectivity index is 1.75. The molecule has 0 aliphatic carbocycles. The van der Waals surface area contributed by atoms with Gasteiger partial charge in [0.05, 0.1) is 44.0 Å². The SMILES string of the molecule is [C-]#[N+]c1ccc2c(c1)C(c1cc(CO)ccc1OCC)C(=O)N2S(=O)(=O)c1ccc(OC)c2cccnc12. The van der Waals surface area contributed by atoms with E-state index in [-0.39, 0.29) is 28.4 Å². The number of amides is 1. The van der Waals surface area contributed by atoms with Gasteiger partial charge in [-0.1, -0.05) is 18.2 Å². The second-order valence-electron chi connectivity index (χ2n) is 8.52. The van der Waals surface area contributed by atoms with Crippen LogP contribution in [0.1, 0.15) is 29.5 Å². The Kier molecular flexibility index (Phi) is 6.48. The van der Waals surface area contributed by atoms with Gasteiger partial charge in [0.2, 0.25) is 0 Å². The first-order valence-corrected chi connectivity index (χ1v) is 13.2. The second-order valence-corrected chi connectivity index (χ2v) is 10.3. The van der Waals surface area contributed by atoms with Crippen LogP contribution in [-0.2, 0) is 21.4 Å². The molecule has 1 aliphatic rings. The molecular formula is C28H23N3O6S. The smallest absolute Gasteiger partial charge is 0.273 e. The van der Waals surface area contributed by atoms with Crippen LogP contribution in [0.5, 0.6) is 11.5 Å². The summed E-state index contributed by atoms with van der Waals surface area (Å²) in [5, 5.41) is 10.2. The second kappa shape index (κ2) is 9.78. The third kappa shape index (κ3) is 3.93. The summed E-state index contributed by atoms with van der Waals surface area (Å²) in [4.78, 5) is 21.7. The molecule has 0 spiro atoms. The van der Waals surface area contributed by atoms with Crippen LogP contribution in [0, 0.1) is 6.57 Å². The highest BCUT2D eigenvalue weighted by atomic mass is 32.2. The average molecular weight is 530 g/mol. The summed E-state index contributed by atoms with van der Waals surface area (Å²) in [6, 6.07) is 15.7. The lowest BCUT2D eigenvalue weighted by Crippen LogP contribution is -2.35. The van der Waals surface area contributed by atoms with Crippen LogP contribution in [0.25, 0.3) is 15.7 Å². The molecule has 1 N–H and O–H groups in total. The molecule has 1 aromatic heterocycles. The van der Waals surface area contributed by atoms with Crippen molar-refractivity contribution in [3.05, 3.63) is 95.0 Å². The molecular weight excluding hydrogens is 506 g/mol. The van der Waals surface area contributed by atoms with E-state index < -0.39 is 21.8 Å². The molecule has 2 heterocycles. The number of fused-ring (bicyclic) bond motifs is 2. The molecule has 0 saturated carbocycles. The number of pyridine rings is 1. The predicted octanol–water partition coefficient (Wildman–Crippen LogP) is 4.55. The largest absolute Gasteiger partial charge is 0.496 e. The molecule has 3 aromatic carbocycles. The number of benzene rings is 3. The number of aromatic nitrogens is 1. The van der Waals surface area contributed by atoms with Gasteiger partial charge in [0, 0.05) is 17.1 Å². The van der Waals surface area contributed by atoms with Gasteiger partial charge in [-0.05, 0) is 60.5 Å². The molecule has 1 unspecified atom stereocenters. The van der Waals surface area contributed by atoms with E-state index >= 15 is 0 Å². The Morgan fingerprint density at radius 2 is 1.87 bits per heavy atom. The number of rotatable bonds is 7. The van der Waals surface area contributed by atoms with Crippen LogP contribution in [-0.4, -0.2) is 38.1 Å². The fourth-order valence-corrected chi connectivity index (χ4v) is 6.37. The number of methoxy groups -OCH3 is 1. The maximum Gasteiger partial charge on any atom is 0.273 e. The van der Waals surface area contributed by atoms with Gasteiger partial charge in [0.1, 0.15) is 16.4 Å². The van der Waals surface area contributed by atoms with E-state index in [0.717, 1.165) is 4.31 Å². The van der Waals surface area contributed by atoms with Gasteiger partial charge in [0.15, 0.2) is 5.69 Å². The fourth-order valence-electron chi connectivity index (χ4n) is 4.76. The molecule has 192 valence electrons. The molecule has 5 rings (SSSR count). The standard InChI is InChI=1S/C28H23N3O6S/c1-4-37-24-10-7-17(16-32)14-21(24)26-20-15-18(29-2)8-9-22(20)31(28(26)33)38(34,35)25-12-11-23(36-3)19-6-5-13-30-27(19)25/h5-15,26,32H,4,16H2,1,3H3. The van der Waals surface area contributed by atoms with Crippen LogP contribution >= 0.6 is 0 Å². The molecule has 1 atom stereocenters. The third-order valence-corrected chi connectivity index (χ3v) is 8.16. The number of sulfonamides is 1. The van der Waals surface area contributed by atoms with Crippen LogP contribution in [0.4, 0.5) is 11.4 Å². The molecule has 0 bridgehead atoms. The highest BCUT2D eigenvalue weighted by molar-refractivity contribution is 7.93. The van der Waals surface area contributed by atoms with E-state index in [4.69, 9.17) is 16.0 Å². The number of aliphatic hydroxyl groups excluding tert-OH is 1. The number of hydrogen-bond donors (Lipinski definition) is 1. The van der Waals surface area contributed by atoms with Gasteiger partial charge in [-0.25, -0.2) is 17.6 Å². The Hall–Kier alpha value is -4.46. The molecule has 9 nitrogen and oxygen atoms in total. The van der Waals surface area contributed by atoms with Gasteiger partial charge >= 0.3 is 0 Å². The zero-order valence-corrected chi connectivity index (χ0v) is 21.4. The normalized spacial score (nSPS) is 14.8. The molecule has 4 aromatic rings. The van der Waals surface area contributed by atoms with Gasteiger partial charge in [-0.15, -0.1) is 0 Å². The number of hydrogen-bond acceptors (Lipinski definition) is 7. The molecule has 1 amide bonds. The highest BCUT2D eigenvalue weighted by Gasteiger charge is 2.46. The minimum Gasteiger partial charge on any atom is -0.496 e. The molecule has 0 fully saturated rings. The van der Waals surface area contributed by atoms with E-state index in [0.29, 0.717) is 40.2 Å².